The number of nitrogens with one attached hydrogen (secondary N) is 1. The molecule has 3 nitrogen and oxygen atoms in total. The van der Waals surface area contributed by atoms with E-state index >= 15 is 0 Å². The van der Waals surface area contributed by atoms with Crippen LogP contribution < -0.4 is 5.32 Å². The molecule has 2 aromatic carbocycles. The Hall–Kier alpha value is -2.13. The summed E-state index contributed by atoms with van der Waals surface area (Å²) in [5.74, 6) is -0.301. The van der Waals surface area contributed by atoms with Crippen molar-refractivity contribution >= 4 is 5.91 Å². The van der Waals surface area contributed by atoms with Crippen molar-refractivity contribution in [2.75, 3.05) is 6.54 Å². The van der Waals surface area contributed by atoms with E-state index in [2.05, 4.69) is 5.32 Å². The maximum absolute atomic E-state index is 12.1. The molecule has 2 atom stereocenters. The smallest absolute Gasteiger partial charge is 0.227 e. The molecule has 0 saturated heterocycles. The number of carbonyl (C=O) groups is 1. The van der Waals surface area contributed by atoms with Gasteiger partial charge in [0.2, 0.25) is 5.91 Å². The summed E-state index contributed by atoms with van der Waals surface area (Å²) in [5.41, 5.74) is 1.78. The minimum Gasteiger partial charge on any atom is -0.387 e. The number of amides is 1. The van der Waals surface area contributed by atoms with E-state index in [-0.39, 0.29) is 18.4 Å². The Labute approximate surface area is 119 Å². The lowest BCUT2D eigenvalue weighted by Gasteiger charge is -2.15. The first-order valence-electron chi connectivity index (χ1n) is 6.74. The lowest BCUT2D eigenvalue weighted by molar-refractivity contribution is -0.122. The highest BCUT2D eigenvalue weighted by Crippen LogP contribution is 2.15. The molecule has 0 heterocycles. The molecule has 2 N–H and O–H groups in total. The number of hydrogen-bond donors (Lipinski definition) is 2. The van der Waals surface area contributed by atoms with Gasteiger partial charge in [-0.25, -0.2) is 0 Å². The van der Waals surface area contributed by atoms with Crippen molar-refractivity contribution in [1.82, 2.24) is 5.32 Å². The second-order valence-corrected chi connectivity index (χ2v) is 4.80. The van der Waals surface area contributed by atoms with Crippen molar-refractivity contribution in [1.29, 1.82) is 0 Å². The molecule has 0 aliphatic rings. The van der Waals surface area contributed by atoms with Gasteiger partial charge in [-0.1, -0.05) is 60.7 Å². The average Bonchev–Trinajstić information content (AvgIpc) is 2.53. The Balaban J connectivity index is 1.89. The normalized spacial score (nSPS) is 13.5. The van der Waals surface area contributed by atoms with Gasteiger partial charge in [0.25, 0.3) is 0 Å². The Kier molecular flexibility index (Phi) is 4.91. The quantitative estimate of drug-likeness (QED) is 0.876. The number of rotatable bonds is 5. The highest BCUT2D eigenvalue weighted by atomic mass is 16.3. The van der Waals surface area contributed by atoms with Crippen LogP contribution in [0.4, 0.5) is 0 Å². The zero-order chi connectivity index (χ0) is 14.4. The number of benzene rings is 2. The third kappa shape index (κ3) is 3.68. The standard InChI is InChI=1S/C17H19NO2/c1-13(14-8-4-2-5-9-14)17(20)18-12-16(19)15-10-6-3-7-11-15/h2-11,13,16,19H,12H2,1H3,(H,18,20)/t13-,16+/m0/s1. The van der Waals surface area contributed by atoms with Crippen LogP contribution in [0.15, 0.2) is 60.7 Å². The van der Waals surface area contributed by atoms with Gasteiger partial charge in [0, 0.05) is 6.54 Å². The molecule has 0 fully saturated rings. The topological polar surface area (TPSA) is 49.3 Å². The van der Waals surface area contributed by atoms with Crippen LogP contribution in [0.1, 0.15) is 30.1 Å². The number of aliphatic hydroxyl groups excluding tert-OH is 1. The summed E-state index contributed by atoms with van der Waals surface area (Å²) in [6, 6.07) is 18.9. The van der Waals surface area contributed by atoms with Gasteiger partial charge in [0.05, 0.1) is 12.0 Å². The minimum absolute atomic E-state index is 0.0776. The van der Waals surface area contributed by atoms with Crippen LogP contribution in [-0.2, 0) is 4.79 Å². The molecule has 2 aromatic rings. The Morgan fingerprint density at radius 3 is 2.05 bits per heavy atom. The second kappa shape index (κ2) is 6.87. The maximum Gasteiger partial charge on any atom is 0.227 e. The number of hydrogen-bond acceptors (Lipinski definition) is 2. The fraction of sp³-hybridized carbons (Fsp3) is 0.235. The third-order valence-corrected chi connectivity index (χ3v) is 3.35. The molecular weight excluding hydrogens is 250 g/mol. The lowest BCUT2D eigenvalue weighted by Crippen LogP contribution is -2.31. The maximum atomic E-state index is 12.1. The van der Waals surface area contributed by atoms with E-state index in [1.165, 1.54) is 0 Å². The Bertz CT molecular complexity index is 539. The molecule has 0 radical (unpaired) electrons. The van der Waals surface area contributed by atoms with Crippen LogP contribution in [-0.4, -0.2) is 17.6 Å². The van der Waals surface area contributed by atoms with Crippen molar-refractivity contribution in [3.63, 3.8) is 0 Å². The van der Waals surface area contributed by atoms with E-state index in [9.17, 15) is 9.90 Å². The monoisotopic (exact) mass is 269 g/mol. The highest BCUT2D eigenvalue weighted by molar-refractivity contribution is 5.83. The van der Waals surface area contributed by atoms with Gasteiger partial charge >= 0.3 is 0 Å². The summed E-state index contributed by atoms with van der Waals surface area (Å²) in [6.45, 7) is 2.08. The Morgan fingerprint density at radius 2 is 1.50 bits per heavy atom. The predicted octanol–water partition coefficient (Wildman–Crippen LogP) is 2.64. The van der Waals surface area contributed by atoms with Crippen molar-refractivity contribution in [3.05, 3.63) is 71.8 Å². The van der Waals surface area contributed by atoms with Gasteiger partial charge in [0.15, 0.2) is 0 Å². The molecule has 0 aliphatic carbocycles. The summed E-state index contributed by atoms with van der Waals surface area (Å²) < 4.78 is 0. The molecular formula is C17H19NO2. The fourth-order valence-electron chi connectivity index (χ4n) is 2.04. The fourth-order valence-corrected chi connectivity index (χ4v) is 2.04. The number of carbonyl (C=O) groups excluding carboxylic acids is 1. The van der Waals surface area contributed by atoms with E-state index in [1.54, 1.807) is 0 Å². The zero-order valence-electron chi connectivity index (χ0n) is 11.5. The van der Waals surface area contributed by atoms with Gasteiger partial charge < -0.3 is 10.4 Å². The number of aliphatic hydroxyl groups is 1. The molecule has 3 heteroatoms. The molecule has 1 amide bonds. The Morgan fingerprint density at radius 1 is 1.00 bits per heavy atom. The van der Waals surface area contributed by atoms with E-state index in [1.807, 2.05) is 67.6 Å². The zero-order valence-corrected chi connectivity index (χ0v) is 11.5. The van der Waals surface area contributed by atoms with Crippen LogP contribution in [0.5, 0.6) is 0 Å². The lowest BCUT2D eigenvalue weighted by atomic mass is 10.0. The molecule has 0 aromatic heterocycles. The van der Waals surface area contributed by atoms with Gasteiger partial charge in [-0.2, -0.15) is 0 Å². The summed E-state index contributed by atoms with van der Waals surface area (Å²) >= 11 is 0. The molecule has 20 heavy (non-hydrogen) atoms. The average molecular weight is 269 g/mol. The first-order valence-corrected chi connectivity index (χ1v) is 6.74. The summed E-state index contributed by atoms with van der Waals surface area (Å²) in [5, 5.41) is 12.8. The van der Waals surface area contributed by atoms with E-state index in [4.69, 9.17) is 0 Å². The molecule has 0 saturated carbocycles. The minimum atomic E-state index is -0.678. The van der Waals surface area contributed by atoms with Crippen molar-refractivity contribution < 1.29 is 9.90 Å². The van der Waals surface area contributed by atoms with Crippen molar-refractivity contribution in [3.8, 4) is 0 Å². The SMILES string of the molecule is C[C@H](C(=O)NC[C@@H](O)c1ccccc1)c1ccccc1. The molecule has 104 valence electrons. The van der Waals surface area contributed by atoms with Gasteiger partial charge in [-0.05, 0) is 18.1 Å². The molecule has 0 bridgehead atoms. The van der Waals surface area contributed by atoms with Gasteiger partial charge in [0.1, 0.15) is 0 Å². The van der Waals surface area contributed by atoms with Crippen LogP contribution in [0.3, 0.4) is 0 Å². The van der Waals surface area contributed by atoms with Crippen molar-refractivity contribution in [2.45, 2.75) is 18.9 Å². The van der Waals surface area contributed by atoms with Crippen LogP contribution in [0.2, 0.25) is 0 Å². The van der Waals surface area contributed by atoms with Crippen LogP contribution >= 0.6 is 0 Å². The van der Waals surface area contributed by atoms with E-state index < -0.39 is 6.10 Å². The van der Waals surface area contributed by atoms with E-state index in [0.717, 1.165) is 11.1 Å². The second-order valence-electron chi connectivity index (χ2n) is 4.80. The largest absolute Gasteiger partial charge is 0.387 e. The first kappa shape index (κ1) is 14.3. The predicted molar refractivity (Wildman–Crippen MR) is 79.3 cm³/mol. The van der Waals surface area contributed by atoms with Gasteiger partial charge in [-0.15, -0.1) is 0 Å². The van der Waals surface area contributed by atoms with Crippen LogP contribution in [0, 0.1) is 0 Å². The first-order chi connectivity index (χ1) is 9.68. The third-order valence-electron chi connectivity index (χ3n) is 3.35. The van der Waals surface area contributed by atoms with E-state index in [0.29, 0.717) is 0 Å². The van der Waals surface area contributed by atoms with Crippen molar-refractivity contribution in [2.24, 2.45) is 0 Å². The summed E-state index contributed by atoms with van der Waals surface area (Å²) in [4.78, 5) is 12.1. The molecule has 0 spiro atoms. The molecule has 0 unspecified atom stereocenters. The summed E-state index contributed by atoms with van der Waals surface area (Å²) in [7, 11) is 0. The summed E-state index contributed by atoms with van der Waals surface area (Å²) in [6.07, 6.45) is -0.678. The highest BCUT2D eigenvalue weighted by Gasteiger charge is 2.16. The molecule has 2 rings (SSSR count). The van der Waals surface area contributed by atoms with Gasteiger partial charge in [-0.3, -0.25) is 4.79 Å². The van der Waals surface area contributed by atoms with Crippen LogP contribution in [0.25, 0.3) is 0 Å². The molecule has 0 aliphatic heterocycles.